The van der Waals surface area contributed by atoms with Gasteiger partial charge in [0.15, 0.2) is 0 Å². The molecule has 1 heterocycles. The van der Waals surface area contributed by atoms with E-state index in [2.05, 4.69) is 10.2 Å². The standard InChI is InChI=1S/C17H26N2O4.ClH/c1-12-8-19(9-13(2)23-12)10-16(21)11-22-17-6-4-15(5-7-17)18-14(3)20;/h4-7,12-13,16,21H,8-11H2,1-3H3,(H,18,20);1H. The summed E-state index contributed by atoms with van der Waals surface area (Å²) in [6.45, 7) is 8.01. The van der Waals surface area contributed by atoms with Gasteiger partial charge >= 0.3 is 0 Å². The van der Waals surface area contributed by atoms with Crippen molar-refractivity contribution in [3.05, 3.63) is 24.3 Å². The Balaban J connectivity index is 0.00000288. The zero-order valence-corrected chi connectivity index (χ0v) is 15.2. The molecule has 24 heavy (non-hydrogen) atoms. The van der Waals surface area contributed by atoms with Gasteiger partial charge in [-0.2, -0.15) is 0 Å². The van der Waals surface area contributed by atoms with Crippen molar-refractivity contribution < 1.29 is 19.4 Å². The zero-order valence-electron chi connectivity index (χ0n) is 14.4. The van der Waals surface area contributed by atoms with Crippen LogP contribution in [0.4, 0.5) is 5.69 Å². The lowest BCUT2D eigenvalue weighted by Gasteiger charge is -2.36. The number of β-amino-alcohol motifs (C(OH)–C–C–N with tert-alkyl or cyclic N) is 1. The number of nitrogens with one attached hydrogen (secondary N) is 1. The van der Waals surface area contributed by atoms with Crippen LogP contribution in [-0.4, -0.2) is 60.5 Å². The van der Waals surface area contributed by atoms with Crippen molar-refractivity contribution in [2.45, 2.75) is 39.1 Å². The third kappa shape index (κ3) is 7.05. The lowest BCUT2D eigenvalue weighted by molar-refractivity contribution is -0.114. The fraction of sp³-hybridized carbons (Fsp3) is 0.588. The number of rotatable bonds is 6. The van der Waals surface area contributed by atoms with Gasteiger partial charge in [0.1, 0.15) is 18.5 Å². The van der Waals surface area contributed by atoms with Gasteiger partial charge < -0.3 is 19.9 Å². The number of halogens is 1. The van der Waals surface area contributed by atoms with Crippen LogP contribution in [0, 0.1) is 0 Å². The summed E-state index contributed by atoms with van der Waals surface area (Å²) in [5.41, 5.74) is 0.724. The van der Waals surface area contributed by atoms with Gasteiger partial charge in [-0.05, 0) is 38.1 Å². The highest BCUT2D eigenvalue weighted by Gasteiger charge is 2.23. The maximum Gasteiger partial charge on any atom is 0.221 e. The molecular weight excluding hydrogens is 332 g/mol. The van der Waals surface area contributed by atoms with Gasteiger partial charge in [-0.1, -0.05) is 0 Å². The lowest BCUT2D eigenvalue weighted by atomic mass is 10.2. The molecule has 0 saturated carbocycles. The Morgan fingerprint density at radius 1 is 1.33 bits per heavy atom. The molecule has 136 valence electrons. The Hall–Kier alpha value is -1.34. The van der Waals surface area contributed by atoms with Crippen molar-refractivity contribution >= 4 is 24.0 Å². The van der Waals surface area contributed by atoms with E-state index in [4.69, 9.17) is 9.47 Å². The molecule has 1 amide bonds. The first kappa shape index (κ1) is 20.7. The molecule has 1 aromatic carbocycles. The first-order valence-electron chi connectivity index (χ1n) is 7.98. The topological polar surface area (TPSA) is 71.0 Å². The minimum absolute atomic E-state index is 0. The predicted octanol–water partition coefficient (Wildman–Crippen LogP) is 1.92. The molecule has 0 spiro atoms. The van der Waals surface area contributed by atoms with E-state index in [0.717, 1.165) is 18.8 Å². The van der Waals surface area contributed by atoms with Crippen LogP contribution < -0.4 is 10.1 Å². The van der Waals surface area contributed by atoms with Crippen molar-refractivity contribution in [3.63, 3.8) is 0 Å². The van der Waals surface area contributed by atoms with Crippen LogP contribution in [-0.2, 0) is 9.53 Å². The van der Waals surface area contributed by atoms with Gasteiger partial charge in [0.2, 0.25) is 5.91 Å². The summed E-state index contributed by atoms with van der Waals surface area (Å²) < 4.78 is 11.3. The molecule has 7 heteroatoms. The number of anilines is 1. The van der Waals surface area contributed by atoms with Crippen LogP contribution in [0.1, 0.15) is 20.8 Å². The van der Waals surface area contributed by atoms with Crippen molar-refractivity contribution in [1.82, 2.24) is 4.90 Å². The quantitative estimate of drug-likeness (QED) is 0.813. The third-order valence-corrected chi connectivity index (χ3v) is 3.58. The van der Waals surface area contributed by atoms with Gasteiger partial charge in [0.05, 0.1) is 12.2 Å². The molecule has 6 nitrogen and oxygen atoms in total. The van der Waals surface area contributed by atoms with Crippen LogP contribution in [0.25, 0.3) is 0 Å². The van der Waals surface area contributed by atoms with Crippen molar-refractivity contribution in [1.29, 1.82) is 0 Å². The smallest absolute Gasteiger partial charge is 0.221 e. The van der Waals surface area contributed by atoms with Crippen LogP contribution in [0.5, 0.6) is 5.75 Å². The molecule has 1 aliphatic rings. The second-order valence-electron chi connectivity index (χ2n) is 6.15. The highest BCUT2D eigenvalue weighted by molar-refractivity contribution is 5.88. The fourth-order valence-corrected chi connectivity index (χ4v) is 2.81. The number of carbonyl (C=O) groups excluding carboxylic acids is 1. The van der Waals surface area contributed by atoms with Gasteiger partial charge in [0, 0.05) is 32.2 Å². The van der Waals surface area contributed by atoms with Crippen LogP contribution >= 0.6 is 12.4 Å². The number of aliphatic hydroxyl groups excluding tert-OH is 1. The Morgan fingerprint density at radius 3 is 2.46 bits per heavy atom. The summed E-state index contributed by atoms with van der Waals surface area (Å²) in [5.74, 6) is 0.560. The second kappa shape index (κ2) is 9.84. The number of carbonyl (C=O) groups is 1. The van der Waals surface area contributed by atoms with Crippen molar-refractivity contribution in [3.8, 4) is 5.75 Å². The van der Waals surface area contributed by atoms with E-state index in [0.29, 0.717) is 12.3 Å². The maximum absolute atomic E-state index is 11.0. The molecule has 1 fully saturated rings. The van der Waals surface area contributed by atoms with Crippen molar-refractivity contribution in [2.75, 3.05) is 31.6 Å². The summed E-state index contributed by atoms with van der Waals surface area (Å²) in [5, 5.41) is 12.8. The monoisotopic (exact) mass is 358 g/mol. The van der Waals surface area contributed by atoms with Crippen molar-refractivity contribution in [2.24, 2.45) is 0 Å². The largest absolute Gasteiger partial charge is 0.491 e. The van der Waals surface area contributed by atoms with Crippen LogP contribution in [0.3, 0.4) is 0 Å². The normalized spacial score (nSPS) is 22.3. The number of benzene rings is 1. The average molecular weight is 359 g/mol. The number of amides is 1. The maximum atomic E-state index is 11.0. The molecule has 2 rings (SSSR count). The summed E-state index contributed by atoms with van der Waals surface area (Å²) in [6.07, 6.45) is -0.177. The summed E-state index contributed by atoms with van der Waals surface area (Å²) in [7, 11) is 0. The van der Waals surface area contributed by atoms with E-state index in [9.17, 15) is 9.90 Å². The molecule has 1 saturated heterocycles. The minimum Gasteiger partial charge on any atom is -0.491 e. The van der Waals surface area contributed by atoms with Crippen LogP contribution in [0.2, 0.25) is 0 Å². The van der Waals surface area contributed by atoms with E-state index in [-0.39, 0.29) is 37.1 Å². The number of ether oxygens (including phenoxy) is 2. The van der Waals surface area contributed by atoms with Crippen LogP contribution in [0.15, 0.2) is 24.3 Å². The number of nitrogens with zero attached hydrogens (tertiary/aromatic N) is 1. The summed E-state index contributed by atoms with van der Waals surface area (Å²) >= 11 is 0. The van der Waals surface area contributed by atoms with E-state index >= 15 is 0 Å². The Bertz CT molecular complexity index is 502. The second-order valence-corrected chi connectivity index (χ2v) is 6.15. The van der Waals surface area contributed by atoms with Gasteiger partial charge in [-0.25, -0.2) is 0 Å². The predicted molar refractivity (Wildman–Crippen MR) is 95.9 cm³/mol. The lowest BCUT2D eigenvalue weighted by Crippen LogP contribution is -2.48. The Labute approximate surface area is 149 Å². The number of hydrogen-bond acceptors (Lipinski definition) is 5. The van der Waals surface area contributed by atoms with E-state index in [1.807, 2.05) is 13.8 Å². The highest BCUT2D eigenvalue weighted by atomic mass is 35.5. The molecule has 3 atom stereocenters. The van der Waals surface area contributed by atoms with E-state index in [1.54, 1.807) is 24.3 Å². The molecule has 3 unspecified atom stereocenters. The Kier molecular flexibility index (Phi) is 8.48. The molecule has 0 aromatic heterocycles. The molecule has 0 bridgehead atoms. The number of morpholine rings is 1. The molecular formula is C17H27ClN2O4. The van der Waals surface area contributed by atoms with E-state index < -0.39 is 6.10 Å². The Morgan fingerprint density at radius 2 is 1.92 bits per heavy atom. The van der Waals surface area contributed by atoms with Gasteiger partial charge in [0.25, 0.3) is 0 Å². The summed E-state index contributed by atoms with van der Waals surface area (Å²) in [6, 6.07) is 7.09. The molecule has 0 radical (unpaired) electrons. The zero-order chi connectivity index (χ0) is 16.8. The molecule has 1 aromatic rings. The SMILES string of the molecule is CC(=O)Nc1ccc(OCC(O)CN2CC(C)OC(C)C2)cc1.Cl. The van der Waals surface area contributed by atoms with E-state index in [1.165, 1.54) is 6.92 Å². The number of hydrogen-bond donors (Lipinski definition) is 2. The minimum atomic E-state index is -0.553. The third-order valence-electron chi connectivity index (χ3n) is 3.58. The molecule has 0 aliphatic carbocycles. The average Bonchev–Trinajstić information content (AvgIpc) is 2.45. The first-order valence-corrected chi connectivity index (χ1v) is 7.98. The highest BCUT2D eigenvalue weighted by Crippen LogP contribution is 2.16. The first-order chi connectivity index (χ1) is 10.9. The molecule has 1 aliphatic heterocycles. The molecule has 2 N–H and O–H groups in total. The summed E-state index contributed by atoms with van der Waals surface area (Å²) in [4.78, 5) is 13.2. The van der Waals surface area contributed by atoms with Gasteiger partial charge in [-0.15, -0.1) is 12.4 Å². The number of aliphatic hydroxyl groups is 1. The van der Waals surface area contributed by atoms with Gasteiger partial charge in [-0.3, -0.25) is 9.69 Å². The fourth-order valence-electron chi connectivity index (χ4n) is 2.81.